The molecule has 1 heterocycles. The average molecular weight is 209 g/mol. The number of piperidine rings is 1. The Balaban J connectivity index is 1.75. The normalized spacial score (nSPS) is 26.1. The van der Waals surface area contributed by atoms with Crippen molar-refractivity contribution >= 4 is 6.34 Å². The van der Waals surface area contributed by atoms with Crippen LogP contribution in [0.3, 0.4) is 0 Å². The molecule has 2 aliphatic rings. The van der Waals surface area contributed by atoms with Crippen molar-refractivity contribution in [2.24, 2.45) is 16.3 Å². The third kappa shape index (κ3) is 2.33. The van der Waals surface area contributed by atoms with E-state index in [1.54, 1.807) is 0 Å². The highest BCUT2D eigenvalue weighted by Crippen LogP contribution is 2.52. The van der Waals surface area contributed by atoms with Crippen molar-refractivity contribution in [3.8, 4) is 0 Å². The highest BCUT2D eigenvalue weighted by Gasteiger charge is 2.44. The maximum Gasteiger partial charge on any atom is 0.0846 e. The molecule has 3 heteroatoms. The van der Waals surface area contributed by atoms with E-state index in [0.29, 0.717) is 5.41 Å². The Labute approximate surface area is 92.9 Å². The van der Waals surface area contributed by atoms with Crippen LogP contribution in [0.25, 0.3) is 0 Å². The van der Waals surface area contributed by atoms with Crippen molar-refractivity contribution in [3.05, 3.63) is 0 Å². The van der Waals surface area contributed by atoms with Crippen molar-refractivity contribution in [1.82, 2.24) is 10.2 Å². The summed E-state index contributed by atoms with van der Waals surface area (Å²) in [6.07, 6.45) is 7.64. The van der Waals surface area contributed by atoms with E-state index in [2.05, 4.69) is 22.3 Å². The number of hydrogen-bond donors (Lipinski definition) is 1. The van der Waals surface area contributed by atoms with Crippen molar-refractivity contribution in [2.45, 2.75) is 25.7 Å². The van der Waals surface area contributed by atoms with Crippen LogP contribution in [0, 0.1) is 11.3 Å². The van der Waals surface area contributed by atoms with Gasteiger partial charge in [-0.15, -0.1) is 0 Å². The molecule has 0 unspecified atom stereocenters. The minimum absolute atomic E-state index is 0.708. The Morgan fingerprint density at radius 2 is 2.07 bits per heavy atom. The van der Waals surface area contributed by atoms with Gasteiger partial charge in [-0.25, -0.2) is 0 Å². The number of nitrogens with one attached hydrogen (secondary N) is 1. The molecular formula is C12H23N3. The average Bonchev–Trinajstić information content (AvgIpc) is 2.19. The number of hydrogen-bond acceptors (Lipinski definition) is 2. The summed E-state index contributed by atoms with van der Waals surface area (Å²) >= 11 is 0. The highest BCUT2D eigenvalue weighted by molar-refractivity contribution is 5.54. The van der Waals surface area contributed by atoms with Crippen LogP contribution in [-0.4, -0.2) is 45.0 Å². The molecule has 2 fully saturated rings. The third-order valence-electron chi connectivity index (χ3n) is 4.07. The lowest BCUT2D eigenvalue weighted by atomic mass is 9.57. The Morgan fingerprint density at radius 1 is 1.40 bits per heavy atom. The van der Waals surface area contributed by atoms with Crippen LogP contribution in [0.15, 0.2) is 4.99 Å². The van der Waals surface area contributed by atoms with Gasteiger partial charge in [0.05, 0.1) is 6.34 Å². The summed E-state index contributed by atoms with van der Waals surface area (Å²) in [7, 11) is 3.92. The van der Waals surface area contributed by atoms with Crippen molar-refractivity contribution in [1.29, 1.82) is 0 Å². The lowest BCUT2D eigenvalue weighted by Crippen LogP contribution is -2.48. The molecule has 0 amide bonds. The summed E-state index contributed by atoms with van der Waals surface area (Å²) in [5.74, 6) is 0.946. The van der Waals surface area contributed by atoms with E-state index in [1.165, 1.54) is 45.3 Å². The summed E-state index contributed by atoms with van der Waals surface area (Å²) in [6, 6.07) is 0. The van der Waals surface area contributed by atoms with Gasteiger partial charge in [0, 0.05) is 20.1 Å². The quantitative estimate of drug-likeness (QED) is 0.561. The lowest BCUT2D eigenvalue weighted by Gasteiger charge is -2.52. The van der Waals surface area contributed by atoms with E-state index in [-0.39, 0.29) is 0 Å². The van der Waals surface area contributed by atoms with Gasteiger partial charge in [-0.3, -0.25) is 4.99 Å². The molecule has 0 bridgehead atoms. The fourth-order valence-corrected chi connectivity index (χ4v) is 3.28. The second kappa shape index (κ2) is 4.52. The molecule has 3 nitrogen and oxygen atoms in total. The maximum absolute atomic E-state index is 4.09. The Hall–Kier alpha value is -0.570. The molecule has 1 N–H and O–H groups in total. The SMILES string of the molecule is C/N=C\N1CCC2(CC1)CC(CNC)C2. The first-order valence-corrected chi connectivity index (χ1v) is 6.09. The number of rotatable bonds is 3. The van der Waals surface area contributed by atoms with Crippen LogP contribution >= 0.6 is 0 Å². The molecule has 0 aromatic carbocycles. The van der Waals surface area contributed by atoms with E-state index >= 15 is 0 Å². The fraction of sp³-hybridized carbons (Fsp3) is 0.917. The van der Waals surface area contributed by atoms with E-state index in [1.807, 2.05) is 13.4 Å². The highest BCUT2D eigenvalue weighted by atomic mass is 15.1. The van der Waals surface area contributed by atoms with Gasteiger partial charge in [0.2, 0.25) is 0 Å². The zero-order valence-corrected chi connectivity index (χ0v) is 10.00. The summed E-state index contributed by atoms with van der Waals surface area (Å²) in [4.78, 5) is 6.44. The van der Waals surface area contributed by atoms with E-state index < -0.39 is 0 Å². The first kappa shape index (κ1) is 10.9. The number of likely N-dealkylation sites (tertiary alicyclic amines) is 1. The van der Waals surface area contributed by atoms with Crippen LogP contribution in [0.5, 0.6) is 0 Å². The molecule has 1 aliphatic carbocycles. The Bertz CT molecular complexity index is 221. The Morgan fingerprint density at radius 3 is 2.60 bits per heavy atom. The predicted octanol–water partition coefficient (Wildman–Crippen LogP) is 1.36. The fourth-order valence-electron chi connectivity index (χ4n) is 3.28. The van der Waals surface area contributed by atoms with Gasteiger partial charge in [-0.1, -0.05) is 0 Å². The minimum Gasteiger partial charge on any atom is -0.363 e. The second-order valence-corrected chi connectivity index (χ2v) is 5.24. The van der Waals surface area contributed by atoms with Gasteiger partial charge in [0.1, 0.15) is 0 Å². The molecule has 0 aromatic rings. The van der Waals surface area contributed by atoms with Crippen molar-refractivity contribution in [3.63, 3.8) is 0 Å². The Kier molecular flexibility index (Phi) is 3.29. The topological polar surface area (TPSA) is 27.6 Å². The molecule has 0 radical (unpaired) electrons. The molecule has 0 aromatic heterocycles. The third-order valence-corrected chi connectivity index (χ3v) is 4.07. The lowest BCUT2D eigenvalue weighted by molar-refractivity contribution is 0.00441. The van der Waals surface area contributed by atoms with Crippen molar-refractivity contribution < 1.29 is 0 Å². The van der Waals surface area contributed by atoms with Gasteiger partial charge in [-0.2, -0.15) is 0 Å². The molecule has 0 atom stereocenters. The van der Waals surface area contributed by atoms with Crippen LogP contribution in [0.4, 0.5) is 0 Å². The summed E-state index contributed by atoms with van der Waals surface area (Å²) in [5.41, 5.74) is 0.708. The standard InChI is InChI=1S/C12H23N3/c1-13-9-11-7-12(8-11)3-5-15(6-4-12)10-14-2/h10-11,13H,3-9H2,1-2H3/b14-10-. The predicted molar refractivity (Wildman–Crippen MR) is 64.3 cm³/mol. The van der Waals surface area contributed by atoms with E-state index in [9.17, 15) is 0 Å². The van der Waals surface area contributed by atoms with Gasteiger partial charge >= 0.3 is 0 Å². The summed E-state index contributed by atoms with van der Waals surface area (Å²) in [6.45, 7) is 3.63. The monoisotopic (exact) mass is 209 g/mol. The summed E-state index contributed by atoms with van der Waals surface area (Å²) < 4.78 is 0. The van der Waals surface area contributed by atoms with Gasteiger partial charge in [0.25, 0.3) is 0 Å². The van der Waals surface area contributed by atoms with E-state index in [0.717, 1.165) is 5.92 Å². The molecule has 1 aliphatic heterocycles. The van der Waals surface area contributed by atoms with E-state index in [4.69, 9.17) is 0 Å². The largest absolute Gasteiger partial charge is 0.363 e. The molecule has 1 saturated heterocycles. The first-order chi connectivity index (χ1) is 7.28. The van der Waals surface area contributed by atoms with Crippen LogP contribution in [-0.2, 0) is 0 Å². The summed E-state index contributed by atoms with van der Waals surface area (Å²) in [5, 5.41) is 3.29. The number of aliphatic imine (C=N–C) groups is 1. The minimum atomic E-state index is 0.708. The van der Waals surface area contributed by atoms with Crippen LogP contribution in [0.2, 0.25) is 0 Å². The van der Waals surface area contributed by atoms with Crippen molar-refractivity contribution in [2.75, 3.05) is 33.7 Å². The van der Waals surface area contributed by atoms with Crippen LogP contribution in [0.1, 0.15) is 25.7 Å². The molecule has 2 rings (SSSR count). The number of nitrogens with zero attached hydrogens (tertiary/aromatic N) is 2. The van der Waals surface area contributed by atoms with Crippen LogP contribution < -0.4 is 5.32 Å². The van der Waals surface area contributed by atoms with Gasteiger partial charge in [0.15, 0.2) is 0 Å². The second-order valence-electron chi connectivity index (χ2n) is 5.24. The zero-order chi connectivity index (χ0) is 10.7. The molecule has 86 valence electrons. The molecular weight excluding hydrogens is 186 g/mol. The molecule has 15 heavy (non-hydrogen) atoms. The van der Waals surface area contributed by atoms with Gasteiger partial charge in [-0.05, 0) is 50.6 Å². The van der Waals surface area contributed by atoms with Gasteiger partial charge < -0.3 is 10.2 Å². The zero-order valence-electron chi connectivity index (χ0n) is 10.00. The molecule has 1 saturated carbocycles. The maximum atomic E-state index is 4.09. The smallest absolute Gasteiger partial charge is 0.0846 e. The molecule has 1 spiro atoms. The first-order valence-electron chi connectivity index (χ1n) is 6.09.